The molecule has 0 radical (unpaired) electrons. The van der Waals surface area contributed by atoms with Gasteiger partial charge in [0.1, 0.15) is 0 Å². The van der Waals surface area contributed by atoms with E-state index in [0.717, 1.165) is 6.42 Å². The van der Waals surface area contributed by atoms with Crippen LogP contribution in [0.1, 0.15) is 40.2 Å². The van der Waals surface area contributed by atoms with Crippen molar-refractivity contribution in [2.24, 2.45) is 5.41 Å². The molecule has 102 valence electrons. The summed E-state index contributed by atoms with van der Waals surface area (Å²) < 4.78 is 0. The van der Waals surface area contributed by atoms with Crippen molar-refractivity contribution in [3.05, 3.63) is 52.1 Å². The van der Waals surface area contributed by atoms with Crippen LogP contribution in [0.3, 0.4) is 0 Å². The zero-order valence-corrected chi connectivity index (χ0v) is 13.7. The van der Waals surface area contributed by atoms with Crippen LogP contribution < -0.4 is 0 Å². The van der Waals surface area contributed by atoms with Crippen molar-refractivity contribution in [2.45, 2.75) is 45.9 Å². The molecule has 0 N–H and O–H groups in total. The van der Waals surface area contributed by atoms with Gasteiger partial charge in [-0.15, -0.1) is 11.8 Å². The highest BCUT2D eigenvalue weighted by molar-refractivity contribution is 7.98. The fraction of sp³-hybridized carbons (Fsp3) is 0.444. The predicted molar refractivity (Wildman–Crippen MR) is 86.8 cm³/mol. The third kappa shape index (κ3) is 2.41. The number of benzene rings is 1. The minimum absolute atomic E-state index is 0.203. The molecule has 0 heterocycles. The summed E-state index contributed by atoms with van der Waals surface area (Å²) >= 11 is 1.80. The van der Waals surface area contributed by atoms with Gasteiger partial charge in [0.25, 0.3) is 0 Å². The molecule has 19 heavy (non-hydrogen) atoms. The fourth-order valence-electron chi connectivity index (χ4n) is 3.09. The van der Waals surface area contributed by atoms with Crippen LogP contribution >= 0.6 is 11.8 Å². The standard InChI is InChI=1S/C18H24S/c1-12-13(2)15(4)18(5,14(12)3)11-16-7-9-17(19-6)10-8-16/h7-10H,11H2,1-6H3. The Morgan fingerprint density at radius 3 is 1.79 bits per heavy atom. The first kappa shape index (κ1) is 14.5. The van der Waals surface area contributed by atoms with Crippen molar-refractivity contribution in [1.29, 1.82) is 0 Å². The zero-order chi connectivity index (χ0) is 14.2. The highest BCUT2D eigenvalue weighted by Gasteiger charge is 2.35. The van der Waals surface area contributed by atoms with Crippen molar-refractivity contribution in [3.63, 3.8) is 0 Å². The maximum Gasteiger partial charge on any atom is 0.0139 e. The Labute approximate surface area is 122 Å². The third-order valence-corrected chi connectivity index (χ3v) is 5.80. The lowest BCUT2D eigenvalue weighted by atomic mass is 9.74. The molecule has 0 nitrogen and oxygen atoms in total. The fourth-order valence-corrected chi connectivity index (χ4v) is 3.50. The van der Waals surface area contributed by atoms with E-state index in [-0.39, 0.29) is 5.41 Å². The van der Waals surface area contributed by atoms with E-state index < -0.39 is 0 Å². The van der Waals surface area contributed by atoms with Gasteiger partial charge < -0.3 is 0 Å². The lowest BCUT2D eigenvalue weighted by Crippen LogP contribution is -2.20. The van der Waals surface area contributed by atoms with Crippen LogP contribution in [0.5, 0.6) is 0 Å². The van der Waals surface area contributed by atoms with Crippen LogP contribution in [0.4, 0.5) is 0 Å². The molecular formula is C18H24S. The highest BCUT2D eigenvalue weighted by Crippen LogP contribution is 2.48. The van der Waals surface area contributed by atoms with Gasteiger partial charge in [-0.2, -0.15) is 0 Å². The van der Waals surface area contributed by atoms with E-state index in [1.165, 1.54) is 32.8 Å². The summed E-state index contributed by atoms with van der Waals surface area (Å²) in [6.45, 7) is 11.5. The molecule has 0 bridgehead atoms. The molecule has 0 aliphatic heterocycles. The number of hydrogen-bond acceptors (Lipinski definition) is 1. The Bertz CT molecular complexity index is 520. The molecule has 0 atom stereocenters. The predicted octanol–water partition coefficient (Wildman–Crippen LogP) is 5.64. The molecular weight excluding hydrogens is 248 g/mol. The first-order valence-corrected chi connectivity index (χ1v) is 8.12. The molecule has 0 saturated carbocycles. The monoisotopic (exact) mass is 272 g/mol. The number of thioether (sulfide) groups is 1. The van der Waals surface area contributed by atoms with Gasteiger partial charge in [-0.1, -0.05) is 30.2 Å². The van der Waals surface area contributed by atoms with Gasteiger partial charge >= 0.3 is 0 Å². The molecule has 1 heteroatoms. The van der Waals surface area contributed by atoms with Gasteiger partial charge in [-0.25, -0.2) is 0 Å². The van der Waals surface area contributed by atoms with Crippen molar-refractivity contribution in [3.8, 4) is 0 Å². The number of allylic oxidation sites excluding steroid dienone is 4. The Morgan fingerprint density at radius 2 is 1.37 bits per heavy atom. The minimum Gasteiger partial charge on any atom is -0.130 e. The molecule has 0 fully saturated rings. The molecule has 2 rings (SSSR count). The van der Waals surface area contributed by atoms with E-state index in [2.05, 4.69) is 65.1 Å². The molecule has 1 aromatic carbocycles. The van der Waals surface area contributed by atoms with Crippen molar-refractivity contribution < 1.29 is 0 Å². The summed E-state index contributed by atoms with van der Waals surface area (Å²) in [7, 11) is 0. The number of hydrogen-bond donors (Lipinski definition) is 0. The summed E-state index contributed by atoms with van der Waals surface area (Å²) in [6, 6.07) is 9.02. The summed E-state index contributed by atoms with van der Waals surface area (Å²) in [5.41, 5.74) is 7.69. The maximum atomic E-state index is 2.39. The van der Waals surface area contributed by atoms with E-state index in [9.17, 15) is 0 Å². The van der Waals surface area contributed by atoms with Gasteiger partial charge in [0.15, 0.2) is 0 Å². The molecule has 0 spiro atoms. The van der Waals surface area contributed by atoms with Crippen LogP contribution in [0.2, 0.25) is 0 Å². The SMILES string of the molecule is CSc1ccc(CC2(C)C(C)=C(C)C(C)=C2C)cc1. The molecule has 1 aliphatic rings. The van der Waals surface area contributed by atoms with Crippen molar-refractivity contribution in [1.82, 2.24) is 0 Å². The van der Waals surface area contributed by atoms with E-state index in [1.54, 1.807) is 11.8 Å². The first-order chi connectivity index (χ1) is 8.90. The van der Waals surface area contributed by atoms with Gasteiger partial charge in [0.05, 0.1) is 0 Å². The van der Waals surface area contributed by atoms with Crippen LogP contribution in [0.15, 0.2) is 51.5 Å². The Kier molecular flexibility index (Phi) is 3.96. The summed E-state index contributed by atoms with van der Waals surface area (Å²) in [5, 5.41) is 0. The zero-order valence-electron chi connectivity index (χ0n) is 12.9. The van der Waals surface area contributed by atoms with Crippen LogP contribution in [0, 0.1) is 5.41 Å². The van der Waals surface area contributed by atoms with Gasteiger partial charge in [-0.05, 0) is 69.2 Å². The van der Waals surface area contributed by atoms with Gasteiger partial charge in [0.2, 0.25) is 0 Å². The van der Waals surface area contributed by atoms with E-state index in [1.807, 2.05) is 0 Å². The lowest BCUT2D eigenvalue weighted by molar-refractivity contribution is 0.483. The Hall–Kier alpha value is -0.950. The second-order valence-corrected chi connectivity index (χ2v) is 6.74. The molecule has 0 amide bonds. The Balaban J connectivity index is 2.32. The number of rotatable bonds is 3. The topological polar surface area (TPSA) is 0 Å². The van der Waals surface area contributed by atoms with Gasteiger partial charge in [0, 0.05) is 10.3 Å². The molecule has 0 aromatic heterocycles. The largest absolute Gasteiger partial charge is 0.130 e. The summed E-state index contributed by atoms with van der Waals surface area (Å²) in [6.07, 6.45) is 3.23. The molecule has 0 saturated heterocycles. The smallest absolute Gasteiger partial charge is 0.0139 e. The molecule has 1 aromatic rings. The van der Waals surface area contributed by atoms with Crippen LogP contribution in [-0.2, 0) is 6.42 Å². The van der Waals surface area contributed by atoms with Crippen molar-refractivity contribution >= 4 is 11.8 Å². The summed E-state index contributed by atoms with van der Waals surface area (Å²) in [5.74, 6) is 0. The summed E-state index contributed by atoms with van der Waals surface area (Å²) in [4.78, 5) is 1.34. The quantitative estimate of drug-likeness (QED) is 0.641. The van der Waals surface area contributed by atoms with E-state index >= 15 is 0 Å². The third-order valence-electron chi connectivity index (χ3n) is 5.06. The maximum absolute atomic E-state index is 2.39. The average molecular weight is 272 g/mol. The van der Waals surface area contributed by atoms with Crippen LogP contribution in [-0.4, -0.2) is 6.26 Å². The van der Waals surface area contributed by atoms with Crippen molar-refractivity contribution in [2.75, 3.05) is 6.26 Å². The van der Waals surface area contributed by atoms with E-state index in [0.29, 0.717) is 0 Å². The highest BCUT2D eigenvalue weighted by atomic mass is 32.2. The second-order valence-electron chi connectivity index (χ2n) is 5.86. The Morgan fingerprint density at radius 1 is 0.895 bits per heavy atom. The minimum atomic E-state index is 0.203. The van der Waals surface area contributed by atoms with Gasteiger partial charge in [-0.3, -0.25) is 0 Å². The molecule has 1 aliphatic carbocycles. The van der Waals surface area contributed by atoms with Crippen LogP contribution in [0.25, 0.3) is 0 Å². The molecule has 0 unspecified atom stereocenters. The second kappa shape index (κ2) is 5.20. The lowest BCUT2D eigenvalue weighted by Gasteiger charge is -2.29. The first-order valence-electron chi connectivity index (χ1n) is 6.89. The van der Waals surface area contributed by atoms with E-state index in [4.69, 9.17) is 0 Å². The normalized spacial score (nSPS) is 18.4. The average Bonchev–Trinajstić information content (AvgIpc) is 2.56.